The molecule has 3 N–H and O–H groups in total. The van der Waals surface area contributed by atoms with Crippen LogP contribution in [0, 0.1) is 6.92 Å². The average Bonchev–Trinajstić information content (AvgIpc) is 2.34. The van der Waals surface area contributed by atoms with E-state index in [0.717, 1.165) is 16.9 Å². The predicted octanol–water partition coefficient (Wildman–Crippen LogP) is 2.64. The zero-order chi connectivity index (χ0) is 12.3. The Morgan fingerprint density at radius 1 is 1.35 bits per heavy atom. The molecule has 0 saturated heterocycles. The number of nitrogens with zero attached hydrogens (tertiary/aromatic N) is 2. The van der Waals surface area contributed by atoms with Gasteiger partial charge in [0.2, 0.25) is 5.95 Å². The van der Waals surface area contributed by atoms with E-state index in [0.29, 0.717) is 17.5 Å². The minimum Gasteiger partial charge on any atom is -0.325 e. The Hall–Kier alpha value is -1.65. The zero-order valence-electron chi connectivity index (χ0n) is 9.44. The van der Waals surface area contributed by atoms with Crippen molar-refractivity contribution in [2.45, 2.75) is 13.5 Å². The van der Waals surface area contributed by atoms with Crippen molar-refractivity contribution in [1.29, 1.82) is 0 Å². The minimum absolute atomic E-state index is 0.395. The number of anilines is 2. The Bertz CT molecular complexity index is 528. The van der Waals surface area contributed by atoms with Crippen LogP contribution in [0.1, 0.15) is 11.3 Å². The van der Waals surface area contributed by atoms with Crippen molar-refractivity contribution >= 4 is 23.2 Å². The van der Waals surface area contributed by atoms with E-state index in [1.54, 1.807) is 12.3 Å². The second-order valence-corrected chi connectivity index (χ2v) is 4.07. The molecule has 0 amide bonds. The summed E-state index contributed by atoms with van der Waals surface area (Å²) in [6.07, 6.45) is 1.67. The molecule has 17 heavy (non-hydrogen) atoms. The van der Waals surface area contributed by atoms with E-state index in [-0.39, 0.29) is 0 Å². The lowest BCUT2D eigenvalue weighted by Crippen LogP contribution is -2.03. The van der Waals surface area contributed by atoms with Gasteiger partial charge in [-0.3, -0.25) is 0 Å². The van der Waals surface area contributed by atoms with E-state index in [1.165, 1.54) is 0 Å². The fourth-order valence-electron chi connectivity index (χ4n) is 1.37. The van der Waals surface area contributed by atoms with Crippen LogP contribution < -0.4 is 11.1 Å². The van der Waals surface area contributed by atoms with Gasteiger partial charge in [0.15, 0.2) is 0 Å². The predicted molar refractivity (Wildman–Crippen MR) is 69.4 cm³/mol. The maximum absolute atomic E-state index is 6.04. The summed E-state index contributed by atoms with van der Waals surface area (Å²) in [4.78, 5) is 8.36. The second kappa shape index (κ2) is 5.12. The van der Waals surface area contributed by atoms with Crippen molar-refractivity contribution in [3.63, 3.8) is 0 Å². The number of halogens is 1. The van der Waals surface area contributed by atoms with E-state index in [1.807, 2.05) is 25.1 Å². The van der Waals surface area contributed by atoms with Crippen LogP contribution in [0.5, 0.6) is 0 Å². The molecule has 4 nitrogen and oxygen atoms in total. The summed E-state index contributed by atoms with van der Waals surface area (Å²) in [6.45, 7) is 2.35. The van der Waals surface area contributed by atoms with Crippen molar-refractivity contribution in [2.75, 3.05) is 5.32 Å². The Morgan fingerprint density at radius 3 is 2.88 bits per heavy atom. The van der Waals surface area contributed by atoms with Crippen molar-refractivity contribution in [3.05, 3.63) is 46.7 Å². The molecular weight excluding hydrogens is 236 g/mol. The van der Waals surface area contributed by atoms with Gasteiger partial charge < -0.3 is 11.1 Å². The molecule has 0 saturated carbocycles. The number of aromatic nitrogens is 2. The molecule has 0 radical (unpaired) electrons. The summed E-state index contributed by atoms with van der Waals surface area (Å²) in [6, 6.07) is 7.50. The molecule has 0 aliphatic rings. The Balaban J connectivity index is 2.22. The topological polar surface area (TPSA) is 63.8 Å². The Morgan fingerprint density at radius 2 is 2.18 bits per heavy atom. The summed E-state index contributed by atoms with van der Waals surface area (Å²) in [5.41, 5.74) is 8.20. The van der Waals surface area contributed by atoms with E-state index >= 15 is 0 Å². The normalized spacial score (nSPS) is 10.3. The highest BCUT2D eigenvalue weighted by Crippen LogP contribution is 2.21. The van der Waals surface area contributed by atoms with Crippen LogP contribution in [0.3, 0.4) is 0 Å². The van der Waals surface area contributed by atoms with Gasteiger partial charge in [-0.25, -0.2) is 9.97 Å². The molecule has 0 bridgehead atoms. The molecule has 2 rings (SSSR count). The molecule has 1 heterocycles. The zero-order valence-corrected chi connectivity index (χ0v) is 10.2. The van der Waals surface area contributed by atoms with Crippen molar-refractivity contribution in [3.8, 4) is 0 Å². The van der Waals surface area contributed by atoms with E-state index < -0.39 is 0 Å². The summed E-state index contributed by atoms with van der Waals surface area (Å²) in [5.74, 6) is 0.521. The highest BCUT2D eigenvalue weighted by atomic mass is 35.5. The number of nitrogens with one attached hydrogen (secondary N) is 1. The first kappa shape index (κ1) is 11.8. The van der Waals surface area contributed by atoms with Gasteiger partial charge >= 0.3 is 0 Å². The molecule has 2 aromatic rings. The molecular formula is C12H13ClN4. The summed E-state index contributed by atoms with van der Waals surface area (Å²) in [5, 5.41) is 3.80. The number of benzene rings is 1. The maximum Gasteiger partial charge on any atom is 0.227 e. The van der Waals surface area contributed by atoms with Crippen LogP contribution in [0.2, 0.25) is 5.02 Å². The van der Waals surface area contributed by atoms with Gasteiger partial charge in [-0.1, -0.05) is 17.7 Å². The van der Waals surface area contributed by atoms with Crippen LogP contribution in [0.15, 0.2) is 30.5 Å². The van der Waals surface area contributed by atoms with Crippen LogP contribution in [-0.2, 0) is 6.54 Å². The standard InChI is InChI=1S/C12H13ClN4/c1-8-2-3-9(6-11(8)13)16-12-15-5-4-10(7-14)17-12/h2-6H,7,14H2,1H3,(H,15,16,17). The number of nitrogens with two attached hydrogens (primary N) is 1. The molecule has 88 valence electrons. The lowest BCUT2D eigenvalue weighted by molar-refractivity contribution is 0.969. The Kier molecular flexibility index (Phi) is 3.56. The van der Waals surface area contributed by atoms with Crippen LogP contribution in [0.4, 0.5) is 11.6 Å². The molecule has 5 heteroatoms. The van der Waals surface area contributed by atoms with Gasteiger partial charge in [0.25, 0.3) is 0 Å². The van der Waals surface area contributed by atoms with E-state index in [2.05, 4.69) is 15.3 Å². The minimum atomic E-state index is 0.395. The molecule has 0 spiro atoms. The smallest absolute Gasteiger partial charge is 0.227 e. The molecule has 0 unspecified atom stereocenters. The van der Waals surface area contributed by atoms with Crippen LogP contribution in [0.25, 0.3) is 0 Å². The highest BCUT2D eigenvalue weighted by Gasteiger charge is 2.01. The lowest BCUT2D eigenvalue weighted by atomic mass is 10.2. The maximum atomic E-state index is 6.04. The number of hydrogen-bond donors (Lipinski definition) is 2. The first-order valence-electron chi connectivity index (χ1n) is 5.24. The third-order valence-electron chi connectivity index (χ3n) is 2.35. The number of rotatable bonds is 3. The fraction of sp³-hybridized carbons (Fsp3) is 0.167. The lowest BCUT2D eigenvalue weighted by Gasteiger charge is -2.07. The average molecular weight is 249 g/mol. The third-order valence-corrected chi connectivity index (χ3v) is 2.76. The van der Waals surface area contributed by atoms with Crippen molar-refractivity contribution in [1.82, 2.24) is 9.97 Å². The van der Waals surface area contributed by atoms with Gasteiger partial charge in [0, 0.05) is 23.5 Å². The number of hydrogen-bond acceptors (Lipinski definition) is 4. The largest absolute Gasteiger partial charge is 0.325 e. The van der Waals surface area contributed by atoms with Gasteiger partial charge in [0.05, 0.1) is 5.69 Å². The number of aryl methyl sites for hydroxylation is 1. The summed E-state index contributed by atoms with van der Waals surface area (Å²) < 4.78 is 0. The SMILES string of the molecule is Cc1ccc(Nc2nccc(CN)n2)cc1Cl. The Labute approximate surface area is 105 Å². The van der Waals surface area contributed by atoms with Crippen molar-refractivity contribution < 1.29 is 0 Å². The van der Waals surface area contributed by atoms with Crippen LogP contribution in [-0.4, -0.2) is 9.97 Å². The summed E-state index contributed by atoms with van der Waals surface area (Å²) in [7, 11) is 0. The van der Waals surface area contributed by atoms with Gasteiger partial charge in [-0.2, -0.15) is 0 Å². The molecule has 0 fully saturated rings. The highest BCUT2D eigenvalue weighted by molar-refractivity contribution is 6.31. The quantitative estimate of drug-likeness (QED) is 0.877. The van der Waals surface area contributed by atoms with E-state index in [9.17, 15) is 0 Å². The first-order valence-corrected chi connectivity index (χ1v) is 5.62. The molecule has 1 aromatic heterocycles. The van der Waals surface area contributed by atoms with Gasteiger partial charge in [-0.15, -0.1) is 0 Å². The molecule has 0 atom stereocenters. The van der Waals surface area contributed by atoms with Crippen molar-refractivity contribution in [2.24, 2.45) is 5.73 Å². The van der Waals surface area contributed by atoms with Crippen LogP contribution >= 0.6 is 11.6 Å². The molecule has 0 aliphatic carbocycles. The molecule has 1 aromatic carbocycles. The molecule has 0 aliphatic heterocycles. The first-order chi connectivity index (χ1) is 8.19. The summed E-state index contributed by atoms with van der Waals surface area (Å²) >= 11 is 6.04. The second-order valence-electron chi connectivity index (χ2n) is 3.66. The van der Waals surface area contributed by atoms with E-state index in [4.69, 9.17) is 17.3 Å². The van der Waals surface area contributed by atoms with Gasteiger partial charge in [-0.05, 0) is 30.7 Å². The fourth-order valence-corrected chi connectivity index (χ4v) is 1.55. The monoisotopic (exact) mass is 248 g/mol. The third kappa shape index (κ3) is 2.93. The van der Waals surface area contributed by atoms with Gasteiger partial charge in [0.1, 0.15) is 0 Å².